The van der Waals surface area contributed by atoms with Gasteiger partial charge < -0.3 is 10.8 Å². The molecule has 0 saturated carbocycles. The van der Waals surface area contributed by atoms with Crippen molar-refractivity contribution in [3.63, 3.8) is 0 Å². The normalized spacial score (nSPS) is 11.1. The molecule has 0 unspecified atom stereocenters. The fourth-order valence-corrected chi connectivity index (χ4v) is 2.90. The summed E-state index contributed by atoms with van der Waals surface area (Å²) in [5.41, 5.74) is 6.20. The molecule has 8 heteroatoms. The Morgan fingerprint density at radius 3 is 2.57 bits per heavy atom. The minimum atomic E-state index is -4.10. The Bertz CT molecular complexity index is 786. The number of hydrogen-bond acceptors (Lipinski definition) is 5. The first kappa shape index (κ1) is 14.8. The number of nitrogen functional groups attached to an aromatic ring is 1. The lowest BCUT2D eigenvalue weighted by Gasteiger charge is -2.10. The van der Waals surface area contributed by atoms with E-state index in [4.69, 9.17) is 10.8 Å². The third kappa shape index (κ3) is 3.29. The van der Waals surface area contributed by atoms with Gasteiger partial charge in [-0.2, -0.15) is 0 Å². The lowest BCUT2D eigenvalue weighted by Crippen LogP contribution is -2.18. The number of hydrogen-bond donors (Lipinski definition) is 3. The topological polar surface area (TPSA) is 122 Å². The summed E-state index contributed by atoms with van der Waals surface area (Å²) in [6, 6.07) is 6.74. The summed E-state index contributed by atoms with van der Waals surface area (Å²) in [6.07, 6.45) is 1.50. The van der Waals surface area contributed by atoms with Gasteiger partial charge in [0.1, 0.15) is 10.7 Å². The molecule has 4 N–H and O–H groups in total. The van der Waals surface area contributed by atoms with Gasteiger partial charge in [0.05, 0.1) is 5.56 Å². The predicted molar refractivity (Wildman–Crippen MR) is 77.6 cm³/mol. The van der Waals surface area contributed by atoms with E-state index >= 15 is 0 Å². The van der Waals surface area contributed by atoms with Crippen molar-refractivity contribution in [1.29, 1.82) is 0 Å². The standard InChI is InChI=1S/C13H13N3O4S/c1-8-2-5-12(15-7-8)16-21(19,20)11-6-9(14)3-4-10(11)13(17)18/h2-7H,14H2,1H3,(H,15,16)(H,17,18). The fraction of sp³-hybridized carbons (Fsp3) is 0.0769. The lowest BCUT2D eigenvalue weighted by atomic mass is 10.2. The third-order valence-electron chi connectivity index (χ3n) is 2.68. The van der Waals surface area contributed by atoms with Crippen LogP contribution in [-0.2, 0) is 10.0 Å². The number of carboxylic acid groups (broad SMARTS) is 1. The van der Waals surface area contributed by atoms with Gasteiger partial charge in [0.2, 0.25) is 0 Å². The number of pyridine rings is 1. The summed E-state index contributed by atoms with van der Waals surface area (Å²) in [6.45, 7) is 1.81. The molecule has 0 radical (unpaired) electrons. The van der Waals surface area contributed by atoms with E-state index in [1.165, 1.54) is 18.3 Å². The van der Waals surface area contributed by atoms with Gasteiger partial charge in [-0.15, -0.1) is 0 Å². The second-order valence-corrected chi connectivity index (χ2v) is 6.04. The minimum absolute atomic E-state index is 0.0966. The second-order valence-electron chi connectivity index (χ2n) is 4.39. The van der Waals surface area contributed by atoms with Gasteiger partial charge >= 0.3 is 5.97 Å². The average Bonchev–Trinajstić information content (AvgIpc) is 2.41. The minimum Gasteiger partial charge on any atom is -0.478 e. The largest absolute Gasteiger partial charge is 0.478 e. The van der Waals surface area contributed by atoms with Crippen molar-refractivity contribution >= 4 is 27.5 Å². The van der Waals surface area contributed by atoms with Gasteiger partial charge in [0.15, 0.2) is 0 Å². The first-order valence-corrected chi connectivity index (χ1v) is 7.36. The molecule has 7 nitrogen and oxygen atoms in total. The number of carbonyl (C=O) groups is 1. The van der Waals surface area contributed by atoms with Crippen LogP contribution in [0.2, 0.25) is 0 Å². The zero-order chi connectivity index (χ0) is 15.6. The molecule has 21 heavy (non-hydrogen) atoms. The Hall–Kier alpha value is -2.61. The van der Waals surface area contributed by atoms with Gasteiger partial charge in [-0.1, -0.05) is 6.07 Å². The lowest BCUT2D eigenvalue weighted by molar-refractivity contribution is 0.0692. The molecular weight excluding hydrogens is 294 g/mol. The molecule has 1 aromatic carbocycles. The van der Waals surface area contributed by atoms with Crippen LogP contribution in [0, 0.1) is 6.92 Å². The molecule has 0 aliphatic rings. The van der Waals surface area contributed by atoms with Crippen LogP contribution in [0.15, 0.2) is 41.4 Å². The SMILES string of the molecule is Cc1ccc(NS(=O)(=O)c2cc(N)ccc2C(=O)O)nc1. The van der Waals surface area contributed by atoms with Gasteiger partial charge in [0.25, 0.3) is 10.0 Å². The van der Waals surface area contributed by atoms with Crippen molar-refractivity contribution in [3.8, 4) is 0 Å². The molecule has 0 fully saturated rings. The first-order valence-electron chi connectivity index (χ1n) is 5.88. The Balaban J connectivity index is 2.46. The molecule has 2 rings (SSSR count). The van der Waals surface area contributed by atoms with Crippen molar-refractivity contribution in [3.05, 3.63) is 47.7 Å². The number of benzene rings is 1. The molecule has 0 amide bonds. The Morgan fingerprint density at radius 2 is 2.00 bits per heavy atom. The molecular formula is C13H13N3O4S. The van der Waals surface area contributed by atoms with Crippen LogP contribution in [0.4, 0.5) is 11.5 Å². The van der Waals surface area contributed by atoms with Gasteiger partial charge in [-0.05, 0) is 36.8 Å². The van der Waals surface area contributed by atoms with E-state index in [0.29, 0.717) is 0 Å². The van der Waals surface area contributed by atoms with Crippen molar-refractivity contribution in [2.75, 3.05) is 10.5 Å². The van der Waals surface area contributed by atoms with Gasteiger partial charge in [-0.25, -0.2) is 18.2 Å². The number of nitrogens with zero attached hydrogens (tertiary/aromatic N) is 1. The number of carboxylic acids is 1. The highest BCUT2D eigenvalue weighted by atomic mass is 32.2. The number of rotatable bonds is 4. The quantitative estimate of drug-likeness (QED) is 0.735. The molecule has 0 atom stereocenters. The van der Waals surface area contributed by atoms with Crippen LogP contribution in [0.1, 0.15) is 15.9 Å². The molecule has 0 saturated heterocycles. The van der Waals surface area contributed by atoms with E-state index in [0.717, 1.165) is 17.7 Å². The first-order chi connectivity index (χ1) is 9.79. The van der Waals surface area contributed by atoms with Crippen LogP contribution < -0.4 is 10.5 Å². The number of sulfonamides is 1. The summed E-state index contributed by atoms with van der Waals surface area (Å²) < 4.78 is 26.8. The molecule has 1 heterocycles. The van der Waals surface area contributed by atoms with Crippen molar-refractivity contribution in [1.82, 2.24) is 4.98 Å². The molecule has 1 aromatic heterocycles. The fourth-order valence-electron chi connectivity index (χ4n) is 1.66. The van der Waals surface area contributed by atoms with E-state index < -0.39 is 20.9 Å². The van der Waals surface area contributed by atoms with Gasteiger partial charge in [0, 0.05) is 11.9 Å². The third-order valence-corrected chi connectivity index (χ3v) is 4.07. The van der Waals surface area contributed by atoms with Crippen molar-refractivity contribution in [2.45, 2.75) is 11.8 Å². The number of aromatic nitrogens is 1. The highest BCUT2D eigenvalue weighted by Crippen LogP contribution is 2.21. The van der Waals surface area contributed by atoms with Crippen molar-refractivity contribution < 1.29 is 18.3 Å². The molecule has 0 aliphatic carbocycles. The smallest absolute Gasteiger partial charge is 0.337 e. The zero-order valence-corrected chi connectivity index (χ0v) is 11.9. The summed E-state index contributed by atoms with van der Waals surface area (Å²) in [4.78, 5) is 14.6. The number of nitrogens with one attached hydrogen (secondary N) is 1. The van der Waals surface area contributed by atoms with E-state index in [1.54, 1.807) is 6.07 Å². The highest BCUT2D eigenvalue weighted by Gasteiger charge is 2.23. The summed E-state index contributed by atoms with van der Waals surface area (Å²) in [5.74, 6) is -1.26. The maximum absolute atomic E-state index is 12.3. The summed E-state index contributed by atoms with van der Waals surface area (Å²) >= 11 is 0. The van der Waals surface area contributed by atoms with E-state index in [-0.39, 0.29) is 17.1 Å². The number of anilines is 2. The van der Waals surface area contributed by atoms with E-state index in [9.17, 15) is 13.2 Å². The van der Waals surface area contributed by atoms with Crippen LogP contribution in [0.5, 0.6) is 0 Å². The zero-order valence-electron chi connectivity index (χ0n) is 11.1. The van der Waals surface area contributed by atoms with E-state index in [2.05, 4.69) is 9.71 Å². The predicted octanol–water partition coefficient (Wildman–Crippen LogP) is 1.47. The van der Waals surface area contributed by atoms with Gasteiger partial charge in [-0.3, -0.25) is 4.72 Å². The molecule has 2 aromatic rings. The van der Waals surface area contributed by atoms with Crippen LogP contribution in [0.3, 0.4) is 0 Å². The van der Waals surface area contributed by atoms with Crippen LogP contribution >= 0.6 is 0 Å². The maximum Gasteiger partial charge on any atom is 0.337 e. The Labute approximate surface area is 121 Å². The maximum atomic E-state index is 12.3. The molecule has 0 bridgehead atoms. The number of aromatic carboxylic acids is 1. The Morgan fingerprint density at radius 1 is 1.29 bits per heavy atom. The second kappa shape index (κ2) is 5.41. The molecule has 0 spiro atoms. The number of aryl methyl sites for hydroxylation is 1. The summed E-state index contributed by atoms with van der Waals surface area (Å²) in [5, 5.41) is 9.07. The Kier molecular flexibility index (Phi) is 3.81. The molecule has 0 aliphatic heterocycles. The van der Waals surface area contributed by atoms with Crippen molar-refractivity contribution in [2.24, 2.45) is 0 Å². The average molecular weight is 307 g/mol. The van der Waals surface area contributed by atoms with Crippen LogP contribution in [0.25, 0.3) is 0 Å². The number of nitrogens with two attached hydrogens (primary N) is 1. The molecule has 110 valence electrons. The summed E-state index contributed by atoms with van der Waals surface area (Å²) in [7, 11) is -4.10. The van der Waals surface area contributed by atoms with E-state index in [1.807, 2.05) is 6.92 Å². The van der Waals surface area contributed by atoms with Crippen LogP contribution in [-0.4, -0.2) is 24.5 Å². The monoisotopic (exact) mass is 307 g/mol. The highest BCUT2D eigenvalue weighted by molar-refractivity contribution is 7.92.